The van der Waals surface area contributed by atoms with Crippen LogP contribution in [-0.2, 0) is 17.8 Å². The summed E-state index contributed by atoms with van der Waals surface area (Å²) in [5, 5.41) is 1.31. The molecule has 0 spiro atoms. The molecule has 1 aromatic heterocycles. The molecule has 0 radical (unpaired) electrons. The molecule has 0 N–H and O–H groups in total. The van der Waals surface area contributed by atoms with Gasteiger partial charge in [0.05, 0.1) is 0 Å². The summed E-state index contributed by atoms with van der Waals surface area (Å²) in [6, 6.07) is 8.54. The summed E-state index contributed by atoms with van der Waals surface area (Å²) < 4.78 is 2.17. The van der Waals surface area contributed by atoms with Gasteiger partial charge in [-0.25, -0.2) is 0 Å². The second kappa shape index (κ2) is 8.44. The molecule has 4 rings (SSSR count). The number of aromatic nitrogens is 1. The first-order chi connectivity index (χ1) is 13.2. The predicted molar refractivity (Wildman–Crippen MR) is 110 cm³/mol. The molecule has 3 heterocycles. The third-order valence-electron chi connectivity index (χ3n) is 6.15. The summed E-state index contributed by atoms with van der Waals surface area (Å²) in [7, 11) is 2.20. The first-order valence-electron chi connectivity index (χ1n) is 10.5. The maximum absolute atomic E-state index is 12.6. The van der Waals surface area contributed by atoms with E-state index in [4.69, 9.17) is 0 Å². The van der Waals surface area contributed by atoms with Crippen LogP contribution in [0.4, 0.5) is 0 Å². The minimum atomic E-state index is 0.261. The van der Waals surface area contributed by atoms with Crippen molar-refractivity contribution in [3.63, 3.8) is 0 Å². The number of hydrogen-bond donors (Lipinski definition) is 0. The molecule has 2 aromatic rings. The summed E-state index contributed by atoms with van der Waals surface area (Å²) in [6.45, 7) is 8.21. The molecular formula is C22H32N4O. The number of likely N-dealkylation sites (tertiary alicyclic amines) is 1. The zero-order valence-electron chi connectivity index (χ0n) is 16.6. The number of hydrogen-bond acceptors (Lipinski definition) is 3. The molecule has 0 bridgehead atoms. The van der Waals surface area contributed by atoms with Crippen molar-refractivity contribution in [3.05, 3.63) is 36.0 Å². The van der Waals surface area contributed by atoms with E-state index in [1.807, 2.05) is 4.90 Å². The fourth-order valence-electron chi connectivity index (χ4n) is 4.43. The highest BCUT2D eigenvalue weighted by Gasteiger charge is 2.19. The summed E-state index contributed by atoms with van der Waals surface area (Å²) in [6.07, 6.45) is 6.78. The molecule has 5 heteroatoms. The van der Waals surface area contributed by atoms with Crippen molar-refractivity contribution >= 4 is 16.8 Å². The van der Waals surface area contributed by atoms with E-state index < -0.39 is 0 Å². The van der Waals surface area contributed by atoms with Crippen molar-refractivity contribution in [2.24, 2.45) is 0 Å². The first kappa shape index (κ1) is 18.5. The van der Waals surface area contributed by atoms with E-state index in [1.165, 1.54) is 55.6 Å². The number of benzene rings is 1. The number of amides is 1. The Morgan fingerprint density at radius 1 is 1.00 bits per heavy atom. The Morgan fingerprint density at radius 3 is 2.52 bits per heavy atom. The molecule has 0 atom stereocenters. The van der Waals surface area contributed by atoms with Gasteiger partial charge in [0, 0.05) is 56.4 Å². The van der Waals surface area contributed by atoms with Gasteiger partial charge in [0.15, 0.2) is 0 Å². The molecule has 5 nitrogen and oxygen atoms in total. The van der Waals surface area contributed by atoms with Crippen molar-refractivity contribution in [1.29, 1.82) is 0 Å². The smallest absolute Gasteiger partial charge is 0.242 e. The van der Waals surface area contributed by atoms with Crippen molar-refractivity contribution in [2.75, 3.05) is 52.9 Å². The highest BCUT2D eigenvalue weighted by atomic mass is 16.2. The average molecular weight is 369 g/mol. The number of para-hydroxylation sites is 1. The minimum absolute atomic E-state index is 0.261. The highest BCUT2D eigenvalue weighted by molar-refractivity contribution is 5.86. The molecule has 0 saturated carbocycles. The van der Waals surface area contributed by atoms with Gasteiger partial charge in [-0.05, 0) is 50.9 Å². The number of nitrogens with zero attached hydrogens (tertiary/aromatic N) is 4. The third-order valence-corrected chi connectivity index (χ3v) is 6.15. The van der Waals surface area contributed by atoms with Crippen molar-refractivity contribution < 1.29 is 4.79 Å². The van der Waals surface area contributed by atoms with Gasteiger partial charge >= 0.3 is 0 Å². The van der Waals surface area contributed by atoms with Gasteiger partial charge in [0.2, 0.25) is 5.91 Å². The van der Waals surface area contributed by atoms with E-state index >= 15 is 0 Å². The molecule has 2 aliphatic rings. The Morgan fingerprint density at radius 2 is 1.74 bits per heavy atom. The molecular weight excluding hydrogens is 336 g/mol. The molecule has 1 aromatic carbocycles. The van der Waals surface area contributed by atoms with Crippen LogP contribution in [0, 0.1) is 0 Å². The maximum Gasteiger partial charge on any atom is 0.242 e. The van der Waals surface area contributed by atoms with Gasteiger partial charge in [-0.3, -0.25) is 4.79 Å². The van der Waals surface area contributed by atoms with E-state index in [0.717, 1.165) is 32.4 Å². The van der Waals surface area contributed by atoms with Crippen LogP contribution in [0.25, 0.3) is 10.9 Å². The number of piperazine rings is 1. The number of carbonyl (C=O) groups is 1. The lowest BCUT2D eigenvalue weighted by Crippen LogP contribution is -2.44. The molecule has 146 valence electrons. The normalized spacial score (nSPS) is 19.2. The van der Waals surface area contributed by atoms with Gasteiger partial charge in [-0.1, -0.05) is 18.2 Å². The Kier molecular flexibility index (Phi) is 5.79. The van der Waals surface area contributed by atoms with E-state index in [1.54, 1.807) is 0 Å². The van der Waals surface area contributed by atoms with Gasteiger partial charge in [-0.2, -0.15) is 0 Å². The van der Waals surface area contributed by atoms with Gasteiger partial charge in [0.25, 0.3) is 0 Å². The lowest BCUT2D eigenvalue weighted by Gasteiger charge is -2.32. The summed E-state index contributed by atoms with van der Waals surface area (Å²) >= 11 is 0. The quantitative estimate of drug-likeness (QED) is 0.785. The van der Waals surface area contributed by atoms with Crippen LogP contribution in [0.3, 0.4) is 0 Å². The fraction of sp³-hybridized carbons (Fsp3) is 0.591. The number of carbonyl (C=O) groups excluding carboxylic acids is 1. The largest absolute Gasteiger partial charge is 0.341 e. The van der Waals surface area contributed by atoms with E-state index in [-0.39, 0.29) is 5.91 Å². The molecule has 0 aliphatic carbocycles. The predicted octanol–water partition coefficient (Wildman–Crippen LogP) is 2.44. The van der Waals surface area contributed by atoms with Gasteiger partial charge < -0.3 is 19.3 Å². The Balaban J connectivity index is 1.41. The second-order valence-corrected chi connectivity index (χ2v) is 8.14. The average Bonchev–Trinajstić information content (AvgIpc) is 3.33. The van der Waals surface area contributed by atoms with E-state index in [2.05, 4.69) is 51.9 Å². The van der Waals surface area contributed by atoms with Crippen LogP contribution in [0.5, 0.6) is 0 Å². The Hall–Kier alpha value is -1.85. The van der Waals surface area contributed by atoms with Crippen molar-refractivity contribution in [2.45, 2.75) is 32.2 Å². The van der Waals surface area contributed by atoms with Crippen LogP contribution in [0.2, 0.25) is 0 Å². The van der Waals surface area contributed by atoms with Crippen LogP contribution >= 0.6 is 0 Å². The summed E-state index contributed by atoms with van der Waals surface area (Å²) in [5.74, 6) is 0.261. The summed E-state index contributed by atoms with van der Waals surface area (Å²) in [5.41, 5.74) is 2.58. The maximum atomic E-state index is 12.6. The van der Waals surface area contributed by atoms with Gasteiger partial charge in [0.1, 0.15) is 6.54 Å². The van der Waals surface area contributed by atoms with E-state index in [0.29, 0.717) is 6.54 Å². The summed E-state index contributed by atoms with van der Waals surface area (Å²) in [4.78, 5) is 19.6. The van der Waals surface area contributed by atoms with Crippen molar-refractivity contribution in [3.8, 4) is 0 Å². The van der Waals surface area contributed by atoms with Crippen LogP contribution in [0.15, 0.2) is 30.5 Å². The van der Waals surface area contributed by atoms with Gasteiger partial charge in [-0.15, -0.1) is 0 Å². The van der Waals surface area contributed by atoms with Crippen molar-refractivity contribution in [1.82, 2.24) is 19.3 Å². The molecule has 2 saturated heterocycles. The van der Waals surface area contributed by atoms with Crippen LogP contribution < -0.4 is 0 Å². The Bertz CT molecular complexity index is 770. The Labute approximate surface area is 162 Å². The molecule has 1 amide bonds. The highest BCUT2D eigenvalue weighted by Crippen LogP contribution is 2.23. The molecule has 2 aliphatic heterocycles. The van der Waals surface area contributed by atoms with Crippen LogP contribution in [-0.4, -0.2) is 78.0 Å². The second-order valence-electron chi connectivity index (χ2n) is 8.14. The molecule has 27 heavy (non-hydrogen) atoms. The lowest BCUT2D eigenvalue weighted by atomic mass is 10.1. The standard InChI is InChI=1S/C22H32N4O/c1-23-13-15-24(16-14-23)10-6-7-19-17-26(21-9-3-2-8-20(19)21)18-22(27)25-11-4-5-12-25/h2-3,8-9,17H,4-7,10-16,18H2,1H3. The number of rotatable bonds is 6. The van der Waals surface area contributed by atoms with Crippen LogP contribution in [0.1, 0.15) is 24.8 Å². The number of aryl methyl sites for hydroxylation is 1. The molecule has 0 unspecified atom stereocenters. The third kappa shape index (κ3) is 4.36. The SMILES string of the molecule is CN1CCN(CCCc2cn(CC(=O)N3CCCC3)c3ccccc23)CC1. The topological polar surface area (TPSA) is 31.7 Å². The number of fused-ring (bicyclic) bond motifs is 1. The molecule has 2 fully saturated rings. The lowest BCUT2D eigenvalue weighted by molar-refractivity contribution is -0.130. The zero-order chi connectivity index (χ0) is 18.6. The monoisotopic (exact) mass is 368 g/mol. The number of likely N-dealkylation sites (N-methyl/N-ethyl adjacent to an activating group) is 1. The van der Waals surface area contributed by atoms with E-state index in [9.17, 15) is 4.79 Å². The minimum Gasteiger partial charge on any atom is -0.341 e. The first-order valence-corrected chi connectivity index (χ1v) is 10.5. The fourth-order valence-corrected chi connectivity index (χ4v) is 4.43. The zero-order valence-corrected chi connectivity index (χ0v) is 16.6.